The molecule has 43 heavy (non-hydrogen) atoms. The van der Waals surface area contributed by atoms with Crippen molar-refractivity contribution in [1.29, 1.82) is 10.8 Å². The summed E-state index contributed by atoms with van der Waals surface area (Å²) in [5.41, 5.74) is 7.32. The molecule has 234 valence electrons. The zero-order valence-electron chi connectivity index (χ0n) is 24.0. The lowest BCUT2D eigenvalue weighted by atomic mass is 10.0. The van der Waals surface area contributed by atoms with E-state index in [1.165, 1.54) is 4.31 Å². The largest absolute Gasteiger partial charge is 0.490 e. The fourth-order valence-electron chi connectivity index (χ4n) is 4.68. The molecule has 3 aromatic carbocycles. The maximum Gasteiger partial charge on any atom is 0.321 e. The number of halogens is 2. The molecule has 0 aliphatic carbocycles. The molecule has 0 aromatic heterocycles. The van der Waals surface area contributed by atoms with Gasteiger partial charge in [0.15, 0.2) is 0 Å². The zero-order valence-corrected chi connectivity index (χ0v) is 26.5. The van der Waals surface area contributed by atoms with E-state index in [1.54, 1.807) is 50.2 Å². The van der Waals surface area contributed by atoms with E-state index in [2.05, 4.69) is 4.72 Å². The molecule has 3 aromatic rings. The van der Waals surface area contributed by atoms with Gasteiger partial charge in [-0.05, 0) is 66.6 Å². The molecule has 0 bridgehead atoms. The lowest BCUT2D eigenvalue weighted by Gasteiger charge is -2.33. The molecule has 0 amide bonds. The summed E-state index contributed by atoms with van der Waals surface area (Å²) in [4.78, 5) is 13.9. The number of anilines is 1. The Bertz CT molecular complexity index is 1530. The molecule has 1 fully saturated rings. The maximum absolute atomic E-state index is 13.4. The fourth-order valence-corrected chi connectivity index (χ4v) is 5.85. The second-order valence-corrected chi connectivity index (χ2v) is 11.5. The first-order valence-corrected chi connectivity index (χ1v) is 14.9. The number of esters is 1. The van der Waals surface area contributed by atoms with Crippen molar-refractivity contribution in [3.05, 3.63) is 71.8 Å². The molecule has 0 spiro atoms. The number of fused-ring (bicyclic) bond motifs is 1. The monoisotopic (exact) mass is 652 g/mol. The average Bonchev–Trinajstić information content (AvgIpc) is 2.95. The topological polar surface area (TPSA) is 162 Å². The van der Waals surface area contributed by atoms with Gasteiger partial charge >= 0.3 is 16.2 Å². The molecule has 0 atom stereocenters. The lowest BCUT2D eigenvalue weighted by Crippen LogP contribution is -2.43. The van der Waals surface area contributed by atoms with Gasteiger partial charge in [-0.3, -0.25) is 19.9 Å². The number of hydrogen-bond donors (Lipinski definition) is 4. The number of likely N-dealkylation sites (tertiary alicyclic amines) is 1. The molecule has 11 nitrogen and oxygen atoms in total. The molecule has 4 rings (SSSR count). The predicted octanol–water partition coefficient (Wildman–Crippen LogP) is 4.21. The molecule has 5 N–H and O–H groups in total. The minimum atomic E-state index is -4.15. The van der Waals surface area contributed by atoms with Crippen molar-refractivity contribution in [2.45, 2.75) is 39.3 Å². The van der Waals surface area contributed by atoms with E-state index >= 15 is 0 Å². The Kier molecular flexibility index (Phi) is 13.1. The van der Waals surface area contributed by atoms with Gasteiger partial charge in [0.2, 0.25) is 0 Å². The van der Waals surface area contributed by atoms with Crippen LogP contribution in [0, 0.1) is 10.8 Å². The maximum atomic E-state index is 13.4. The number of nitrogens with one attached hydrogen (secondary N) is 3. The van der Waals surface area contributed by atoms with Crippen LogP contribution in [0.5, 0.6) is 5.75 Å². The number of nitrogen functional groups attached to an aromatic ring is 1. The lowest BCUT2D eigenvalue weighted by molar-refractivity contribution is -0.141. The minimum Gasteiger partial charge on any atom is -0.490 e. The molecule has 14 heteroatoms. The van der Waals surface area contributed by atoms with Gasteiger partial charge in [-0.1, -0.05) is 24.3 Å². The van der Waals surface area contributed by atoms with Gasteiger partial charge in [-0.25, -0.2) is 0 Å². The van der Waals surface area contributed by atoms with E-state index in [0.29, 0.717) is 28.4 Å². The third-order valence-corrected chi connectivity index (χ3v) is 8.31. The summed E-state index contributed by atoms with van der Waals surface area (Å²) in [6.07, 6.45) is 1.60. The molecule has 0 radical (unpaired) electrons. The van der Waals surface area contributed by atoms with E-state index in [4.69, 9.17) is 26.0 Å². The third kappa shape index (κ3) is 9.45. The van der Waals surface area contributed by atoms with Crippen LogP contribution < -0.4 is 19.5 Å². The highest BCUT2D eigenvalue weighted by molar-refractivity contribution is 7.90. The quantitative estimate of drug-likeness (QED) is 0.137. The van der Waals surface area contributed by atoms with Gasteiger partial charge < -0.3 is 20.1 Å². The summed E-state index contributed by atoms with van der Waals surface area (Å²) in [5.74, 6) is 0.448. The SMILES string of the molecule is CCOC(=O)CNS(=O)(=O)N(Cc1ccc2ccc(C(=N)N)cc2c1)c1ccc(OC2CCN(C(C)=N)CC2)cc1.Cl.Cl. The van der Waals surface area contributed by atoms with Crippen LogP contribution in [0.25, 0.3) is 10.8 Å². The van der Waals surface area contributed by atoms with Gasteiger partial charge in [0.05, 0.1) is 24.7 Å². The van der Waals surface area contributed by atoms with Gasteiger partial charge in [0.25, 0.3) is 0 Å². The summed E-state index contributed by atoms with van der Waals surface area (Å²) in [5, 5.41) is 17.3. The van der Waals surface area contributed by atoms with Crippen LogP contribution in [0.2, 0.25) is 0 Å². The predicted molar refractivity (Wildman–Crippen MR) is 174 cm³/mol. The Morgan fingerprint density at radius 1 is 1.02 bits per heavy atom. The standard InChI is InChI=1S/C29H36N6O5S.2ClH/c1-3-39-28(36)18-33-41(37,38)35(19-21-4-5-22-6-7-23(29(31)32)17-24(22)16-21)25-8-10-26(11-9-25)40-27-12-14-34(15-13-27)20(2)30;;/h4-11,16-17,27,30,33H,3,12-15,18-19H2,1-2H3,(H3,31,32);2*1H. The van der Waals surface area contributed by atoms with Crippen molar-refractivity contribution in [3.8, 4) is 5.75 Å². The summed E-state index contributed by atoms with van der Waals surface area (Å²) < 4.78 is 41.5. The first-order chi connectivity index (χ1) is 19.6. The number of nitrogens with two attached hydrogens (primary N) is 1. The number of carbonyl (C=O) groups is 1. The summed E-state index contributed by atoms with van der Waals surface area (Å²) >= 11 is 0. The van der Waals surface area contributed by atoms with Crippen molar-refractivity contribution in [3.63, 3.8) is 0 Å². The number of nitrogens with zero attached hydrogens (tertiary/aromatic N) is 2. The second kappa shape index (κ2) is 15.8. The Labute approximate surface area is 264 Å². The number of carbonyl (C=O) groups excluding carboxylic acids is 1. The Morgan fingerprint density at radius 2 is 1.67 bits per heavy atom. The van der Waals surface area contributed by atoms with Crippen LogP contribution in [0.15, 0.2) is 60.7 Å². The van der Waals surface area contributed by atoms with Crippen molar-refractivity contribution in [1.82, 2.24) is 9.62 Å². The van der Waals surface area contributed by atoms with Crippen LogP contribution in [0.1, 0.15) is 37.8 Å². The van der Waals surface area contributed by atoms with E-state index in [-0.39, 0.29) is 49.9 Å². The number of rotatable bonds is 11. The third-order valence-electron chi connectivity index (χ3n) is 6.88. The van der Waals surface area contributed by atoms with Crippen LogP contribution in [-0.2, 0) is 26.3 Å². The van der Waals surface area contributed by atoms with Gasteiger partial charge in [-0.2, -0.15) is 13.1 Å². The van der Waals surface area contributed by atoms with Crippen LogP contribution in [-0.4, -0.2) is 63.3 Å². The van der Waals surface area contributed by atoms with E-state index in [0.717, 1.165) is 36.7 Å². The van der Waals surface area contributed by atoms with E-state index in [9.17, 15) is 13.2 Å². The highest BCUT2D eigenvalue weighted by atomic mass is 35.5. The zero-order chi connectivity index (χ0) is 29.6. The molecule has 0 saturated carbocycles. The highest BCUT2D eigenvalue weighted by Crippen LogP contribution is 2.27. The van der Waals surface area contributed by atoms with Crippen LogP contribution >= 0.6 is 24.8 Å². The summed E-state index contributed by atoms with van der Waals surface area (Å²) in [6, 6.07) is 17.8. The van der Waals surface area contributed by atoms with Crippen LogP contribution in [0.3, 0.4) is 0 Å². The number of amidine groups is 2. The normalized spacial score (nSPS) is 13.4. The van der Waals surface area contributed by atoms with E-state index in [1.807, 2.05) is 29.2 Å². The number of piperidine rings is 1. The van der Waals surface area contributed by atoms with Crippen molar-refractivity contribution in [2.24, 2.45) is 5.73 Å². The molecular weight excluding hydrogens is 615 g/mol. The number of benzene rings is 3. The van der Waals surface area contributed by atoms with Crippen molar-refractivity contribution in [2.75, 3.05) is 30.5 Å². The molecule has 0 unspecified atom stereocenters. The minimum absolute atomic E-state index is 0. The second-order valence-electron chi connectivity index (χ2n) is 9.83. The Hall–Kier alpha value is -3.58. The van der Waals surface area contributed by atoms with Crippen molar-refractivity contribution >= 4 is 69.1 Å². The van der Waals surface area contributed by atoms with Gasteiger partial charge in [0.1, 0.15) is 24.2 Å². The smallest absolute Gasteiger partial charge is 0.321 e. The molecule has 1 saturated heterocycles. The first-order valence-electron chi connectivity index (χ1n) is 13.4. The van der Waals surface area contributed by atoms with Gasteiger partial charge in [0, 0.05) is 31.5 Å². The van der Waals surface area contributed by atoms with Gasteiger partial charge in [-0.15, -0.1) is 24.8 Å². The first kappa shape index (κ1) is 35.6. The highest BCUT2D eigenvalue weighted by Gasteiger charge is 2.25. The van der Waals surface area contributed by atoms with Crippen molar-refractivity contribution < 1.29 is 22.7 Å². The molecule has 1 heterocycles. The molecular formula is C29H38Cl2N6O5S. The number of hydrogen-bond acceptors (Lipinski definition) is 7. The Morgan fingerprint density at radius 3 is 2.28 bits per heavy atom. The number of ether oxygens (including phenoxy) is 2. The fraction of sp³-hybridized carbons (Fsp3) is 0.345. The average molecular weight is 654 g/mol. The molecule has 1 aliphatic rings. The Balaban J connectivity index is 0.00000323. The van der Waals surface area contributed by atoms with Crippen LogP contribution in [0.4, 0.5) is 5.69 Å². The summed E-state index contributed by atoms with van der Waals surface area (Å²) in [6.45, 7) is 4.58. The summed E-state index contributed by atoms with van der Waals surface area (Å²) in [7, 11) is -4.15. The molecule has 1 aliphatic heterocycles. The van der Waals surface area contributed by atoms with E-state index < -0.39 is 22.7 Å².